The van der Waals surface area contributed by atoms with E-state index in [4.69, 9.17) is 0 Å². The van der Waals surface area contributed by atoms with Crippen molar-refractivity contribution in [2.24, 2.45) is 0 Å². The first-order valence-corrected chi connectivity index (χ1v) is 7.63. The van der Waals surface area contributed by atoms with Gasteiger partial charge in [0, 0.05) is 10.9 Å². The second-order valence-electron chi connectivity index (χ2n) is 4.88. The SMILES string of the molecule is Cc1ccc(-c2csc(NC(=O)c3ccccc3O)n2)cc1. The van der Waals surface area contributed by atoms with Crippen molar-refractivity contribution >= 4 is 22.4 Å². The summed E-state index contributed by atoms with van der Waals surface area (Å²) in [5.41, 5.74) is 3.24. The van der Waals surface area contributed by atoms with Crippen LogP contribution in [0.3, 0.4) is 0 Å². The van der Waals surface area contributed by atoms with E-state index in [0.717, 1.165) is 11.3 Å². The van der Waals surface area contributed by atoms with E-state index in [0.29, 0.717) is 5.13 Å². The van der Waals surface area contributed by atoms with Gasteiger partial charge in [-0.05, 0) is 19.1 Å². The molecule has 1 heterocycles. The Morgan fingerprint density at radius 2 is 1.86 bits per heavy atom. The molecule has 0 bridgehead atoms. The summed E-state index contributed by atoms with van der Waals surface area (Å²) in [7, 11) is 0. The molecular formula is C17H14N2O2S. The summed E-state index contributed by atoms with van der Waals surface area (Å²) in [5.74, 6) is -0.418. The minimum Gasteiger partial charge on any atom is -0.507 e. The molecule has 5 heteroatoms. The lowest BCUT2D eigenvalue weighted by Gasteiger charge is -2.03. The van der Waals surface area contributed by atoms with E-state index in [1.807, 2.05) is 36.6 Å². The highest BCUT2D eigenvalue weighted by Gasteiger charge is 2.12. The molecule has 0 aliphatic rings. The number of aromatic nitrogens is 1. The van der Waals surface area contributed by atoms with Crippen molar-refractivity contribution in [2.45, 2.75) is 6.92 Å². The first-order valence-electron chi connectivity index (χ1n) is 6.75. The number of hydrogen-bond acceptors (Lipinski definition) is 4. The summed E-state index contributed by atoms with van der Waals surface area (Å²) < 4.78 is 0. The quantitative estimate of drug-likeness (QED) is 0.766. The van der Waals surface area contributed by atoms with Crippen LogP contribution in [0.4, 0.5) is 5.13 Å². The Bertz CT molecular complexity index is 810. The third-order valence-electron chi connectivity index (χ3n) is 3.22. The normalized spacial score (nSPS) is 10.4. The number of nitrogens with one attached hydrogen (secondary N) is 1. The van der Waals surface area contributed by atoms with E-state index in [2.05, 4.69) is 10.3 Å². The fourth-order valence-corrected chi connectivity index (χ4v) is 2.73. The average Bonchev–Trinajstić information content (AvgIpc) is 2.97. The molecule has 0 saturated carbocycles. The maximum atomic E-state index is 12.1. The first-order chi connectivity index (χ1) is 10.6. The maximum Gasteiger partial charge on any atom is 0.261 e. The van der Waals surface area contributed by atoms with Crippen LogP contribution in [0.1, 0.15) is 15.9 Å². The van der Waals surface area contributed by atoms with Gasteiger partial charge in [0.25, 0.3) is 5.91 Å². The molecule has 0 atom stereocenters. The Balaban J connectivity index is 1.78. The number of benzene rings is 2. The Labute approximate surface area is 132 Å². The van der Waals surface area contributed by atoms with Gasteiger partial charge in [0.15, 0.2) is 5.13 Å². The molecule has 3 aromatic rings. The Morgan fingerprint density at radius 1 is 1.14 bits per heavy atom. The van der Waals surface area contributed by atoms with Crippen LogP contribution in [0.25, 0.3) is 11.3 Å². The van der Waals surface area contributed by atoms with E-state index in [1.165, 1.54) is 23.0 Å². The minimum atomic E-state index is -0.372. The van der Waals surface area contributed by atoms with Gasteiger partial charge in [0.1, 0.15) is 5.75 Å². The number of thiazole rings is 1. The summed E-state index contributed by atoms with van der Waals surface area (Å²) in [6, 6.07) is 14.5. The van der Waals surface area contributed by atoms with Crippen molar-refractivity contribution < 1.29 is 9.90 Å². The summed E-state index contributed by atoms with van der Waals surface area (Å²) in [6.45, 7) is 2.03. The van der Waals surface area contributed by atoms with Gasteiger partial charge in [0.2, 0.25) is 0 Å². The molecule has 4 nitrogen and oxygen atoms in total. The number of amides is 1. The molecule has 0 unspecified atom stereocenters. The maximum absolute atomic E-state index is 12.1. The second kappa shape index (κ2) is 5.99. The van der Waals surface area contributed by atoms with Crippen LogP contribution < -0.4 is 5.32 Å². The molecule has 0 aliphatic heterocycles. The largest absolute Gasteiger partial charge is 0.507 e. The van der Waals surface area contributed by atoms with Crippen LogP contribution in [-0.2, 0) is 0 Å². The Hall–Kier alpha value is -2.66. The molecule has 0 saturated heterocycles. The van der Waals surface area contributed by atoms with E-state index in [1.54, 1.807) is 18.2 Å². The zero-order valence-electron chi connectivity index (χ0n) is 11.9. The third-order valence-corrected chi connectivity index (χ3v) is 3.98. The fourth-order valence-electron chi connectivity index (χ4n) is 2.02. The van der Waals surface area contributed by atoms with E-state index in [-0.39, 0.29) is 17.2 Å². The highest BCUT2D eigenvalue weighted by atomic mass is 32.1. The number of carbonyl (C=O) groups is 1. The van der Waals surface area contributed by atoms with Crippen LogP contribution in [0.2, 0.25) is 0 Å². The van der Waals surface area contributed by atoms with Gasteiger partial charge < -0.3 is 5.11 Å². The lowest BCUT2D eigenvalue weighted by Crippen LogP contribution is -2.11. The second-order valence-corrected chi connectivity index (χ2v) is 5.73. The molecule has 3 rings (SSSR count). The molecule has 0 spiro atoms. The molecular weight excluding hydrogens is 296 g/mol. The number of carbonyl (C=O) groups excluding carboxylic acids is 1. The molecule has 0 aliphatic carbocycles. The monoisotopic (exact) mass is 310 g/mol. The predicted molar refractivity (Wildman–Crippen MR) is 88.3 cm³/mol. The molecule has 1 aromatic heterocycles. The molecule has 110 valence electrons. The predicted octanol–water partition coefficient (Wildman–Crippen LogP) is 4.08. The van der Waals surface area contributed by atoms with Crippen molar-refractivity contribution in [2.75, 3.05) is 5.32 Å². The molecule has 2 N–H and O–H groups in total. The van der Waals surface area contributed by atoms with Crippen molar-refractivity contribution in [3.05, 3.63) is 65.0 Å². The lowest BCUT2D eigenvalue weighted by molar-refractivity contribution is 0.102. The van der Waals surface area contributed by atoms with Crippen LogP contribution in [0.5, 0.6) is 5.75 Å². The minimum absolute atomic E-state index is 0.0460. The summed E-state index contributed by atoms with van der Waals surface area (Å²) in [6.07, 6.45) is 0. The van der Waals surface area contributed by atoms with Crippen molar-refractivity contribution in [3.63, 3.8) is 0 Å². The average molecular weight is 310 g/mol. The highest BCUT2D eigenvalue weighted by Crippen LogP contribution is 2.26. The van der Waals surface area contributed by atoms with Crippen molar-refractivity contribution in [1.29, 1.82) is 0 Å². The van der Waals surface area contributed by atoms with Gasteiger partial charge in [-0.25, -0.2) is 4.98 Å². The number of nitrogens with zero attached hydrogens (tertiary/aromatic N) is 1. The van der Waals surface area contributed by atoms with E-state index >= 15 is 0 Å². The number of para-hydroxylation sites is 1. The van der Waals surface area contributed by atoms with Crippen molar-refractivity contribution in [3.8, 4) is 17.0 Å². The first kappa shape index (κ1) is 14.3. The van der Waals surface area contributed by atoms with Gasteiger partial charge >= 0.3 is 0 Å². The fraction of sp³-hybridized carbons (Fsp3) is 0.0588. The lowest BCUT2D eigenvalue weighted by atomic mass is 10.1. The number of rotatable bonds is 3. The van der Waals surface area contributed by atoms with Gasteiger partial charge in [-0.1, -0.05) is 42.0 Å². The van der Waals surface area contributed by atoms with Gasteiger partial charge in [-0.2, -0.15) is 0 Å². The summed E-state index contributed by atoms with van der Waals surface area (Å²) in [5, 5.41) is 14.8. The standard InChI is InChI=1S/C17H14N2O2S/c1-11-6-8-12(9-7-11)14-10-22-17(18-14)19-16(21)13-4-2-3-5-15(13)20/h2-10,20H,1H3,(H,18,19,21). The highest BCUT2D eigenvalue weighted by molar-refractivity contribution is 7.14. The number of phenolic OH excluding ortho intramolecular Hbond substituents is 1. The summed E-state index contributed by atoms with van der Waals surface area (Å²) in [4.78, 5) is 16.5. The number of hydrogen-bond donors (Lipinski definition) is 2. The molecule has 0 fully saturated rings. The zero-order valence-corrected chi connectivity index (χ0v) is 12.7. The topological polar surface area (TPSA) is 62.2 Å². The number of aromatic hydroxyl groups is 1. The van der Waals surface area contributed by atoms with E-state index in [9.17, 15) is 9.90 Å². The van der Waals surface area contributed by atoms with Crippen LogP contribution in [0.15, 0.2) is 53.9 Å². The van der Waals surface area contributed by atoms with Crippen LogP contribution >= 0.6 is 11.3 Å². The molecule has 2 aromatic carbocycles. The number of phenols is 1. The smallest absolute Gasteiger partial charge is 0.261 e. The zero-order chi connectivity index (χ0) is 15.5. The molecule has 0 radical (unpaired) electrons. The molecule has 1 amide bonds. The van der Waals surface area contributed by atoms with Crippen LogP contribution in [-0.4, -0.2) is 16.0 Å². The summed E-state index contributed by atoms with van der Waals surface area (Å²) >= 11 is 1.35. The number of aryl methyl sites for hydroxylation is 1. The third kappa shape index (κ3) is 2.99. The van der Waals surface area contributed by atoms with Gasteiger partial charge in [-0.15, -0.1) is 11.3 Å². The van der Waals surface area contributed by atoms with Crippen molar-refractivity contribution in [1.82, 2.24) is 4.98 Å². The Kier molecular flexibility index (Phi) is 3.89. The molecule has 22 heavy (non-hydrogen) atoms. The van der Waals surface area contributed by atoms with E-state index < -0.39 is 0 Å². The Morgan fingerprint density at radius 3 is 2.59 bits per heavy atom. The van der Waals surface area contributed by atoms with Crippen LogP contribution in [0, 0.1) is 6.92 Å². The van der Waals surface area contributed by atoms with Gasteiger partial charge in [0.05, 0.1) is 11.3 Å². The van der Waals surface area contributed by atoms with Gasteiger partial charge in [-0.3, -0.25) is 10.1 Å². The number of anilines is 1.